The van der Waals surface area contributed by atoms with Crippen LogP contribution in [-0.4, -0.2) is 64.8 Å². The standard InChI is InChI=1S/C25H35N7O2/c26-19-3-6-20(7-4-19)28-21-5-1-18-16-22(8-2-17(18)15-21)32-12-9-23(30-25(32)34)29-24(33)31-13-10-27-11-14-31/h2,8-9,12,16,19-21,27-28H,1,3-7,10-11,13-15,26H2,(H,29,30,33,34). The quantitative estimate of drug-likeness (QED) is 0.542. The Morgan fingerprint density at radius 3 is 2.59 bits per heavy atom. The third kappa shape index (κ3) is 5.32. The van der Waals surface area contributed by atoms with E-state index in [2.05, 4.69) is 33.1 Å². The first-order valence-corrected chi connectivity index (χ1v) is 12.6. The molecule has 2 fully saturated rings. The largest absolute Gasteiger partial charge is 0.354 e. The summed E-state index contributed by atoms with van der Waals surface area (Å²) in [6, 6.07) is 9.15. The summed E-state index contributed by atoms with van der Waals surface area (Å²) in [5.74, 6) is 0.278. The Balaban J connectivity index is 1.23. The molecule has 1 aromatic heterocycles. The molecule has 9 heteroatoms. The van der Waals surface area contributed by atoms with Gasteiger partial charge in [-0.2, -0.15) is 4.98 Å². The second-order valence-corrected chi connectivity index (χ2v) is 9.80. The van der Waals surface area contributed by atoms with E-state index in [9.17, 15) is 9.59 Å². The molecular weight excluding hydrogens is 430 g/mol. The van der Waals surface area contributed by atoms with Crippen LogP contribution < -0.4 is 27.4 Å². The van der Waals surface area contributed by atoms with Crippen LogP contribution in [-0.2, 0) is 12.8 Å². The number of nitrogens with one attached hydrogen (secondary N) is 3. The van der Waals surface area contributed by atoms with Crippen LogP contribution in [0.15, 0.2) is 35.3 Å². The molecule has 9 nitrogen and oxygen atoms in total. The van der Waals surface area contributed by atoms with E-state index < -0.39 is 5.69 Å². The second kappa shape index (κ2) is 10.2. The molecule has 2 amide bonds. The van der Waals surface area contributed by atoms with E-state index in [0.29, 0.717) is 31.2 Å². The summed E-state index contributed by atoms with van der Waals surface area (Å²) >= 11 is 0. The number of hydrogen-bond acceptors (Lipinski definition) is 6. The number of piperazine rings is 1. The molecule has 1 aliphatic heterocycles. The number of aromatic nitrogens is 2. The number of rotatable bonds is 4. The van der Waals surface area contributed by atoms with Crippen LogP contribution in [0.5, 0.6) is 0 Å². The van der Waals surface area contributed by atoms with Crippen molar-refractivity contribution in [2.75, 3.05) is 31.5 Å². The van der Waals surface area contributed by atoms with Gasteiger partial charge in [-0.1, -0.05) is 6.07 Å². The van der Waals surface area contributed by atoms with Crippen molar-refractivity contribution in [1.82, 2.24) is 25.1 Å². The number of carbonyl (C=O) groups is 1. The molecule has 1 saturated carbocycles. The Morgan fingerprint density at radius 2 is 1.82 bits per heavy atom. The predicted octanol–water partition coefficient (Wildman–Crippen LogP) is 1.39. The van der Waals surface area contributed by atoms with Gasteiger partial charge in [-0.25, -0.2) is 9.59 Å². The zero-order valence-corrected chi connectivity index (χ0v) is 19.6. The molecule has 182 valence electrons. The summed E-state index contributed by atoms with van der Waals surface area (Å²) in [5, 5.41) is 9.81. The van der Waals surface area contributed by atoms with E-state index in [4.69, 9.17) is 5.73 Å². The highest BCUT2D eigenvalue weighted by atomic mass is 16.2. The van der Waals surface area contributed by atoms with Crippen molar-refractivity contribution in [3.05, 3.63) is 52.1 Å². The smallest absolute Gasteiger partial charge is 0.328 e. The van der Waals surface area contributed by atoms with Crippen LogP contribution in [0.4, 0.5) is 10.6 Å². The van der Waals surface area contributed by atoms with Crippen molar-refractivity contribution in [3.63, 3.8) is 0 Å². The van der Waals surface area contributed by atoms with Crippen LogP contribution >= 0.6 is 0 Å². The molecule has 0 spiro atoms. The molecule has 0 bridgehead atoms. The number of amides is 2. The number of fused-ring (bicyclic) bond motifs is 1. The first-order valence-electron chi connectivity index (χ1n) is 12.6. The SMILES string of the molecule is NC1CCC(NC2CCc3cc(-n4ccc(NC(=O)N5CCNCC5)nc4=O)ccc3C2)CC1. The van der Waals surface area contributed by atoms with Gasteiger partial charge in [0.05, 0.1) is 5.69 Å². The van der Waals surface area contributed by atoms with Crippen molar-refractivity contribution in [3.8, 4) is 5.69 Å². The molecule has 1 unspecified atom stereocenters. The molecule has 34 heavy (non-hydrogen) atoms. The number of hydrogen-bond donors (Lipinski definition) is 4. The Hall–Kier alpha value is -2.75. The highest BCUT2D eigenvalue weighted by molar-refractivity contribution is 5.88. The van der Waals surface area contributed by atoms with E-state index >= 15 is 0 Å². The number of anilines is 1. The van der Waals surface area contributed by atoms with E-state index in [1.807, 2.05) is 6.07 Å². The first-order chi connectivity index (χ1) is 16.5. The summed E-state index contributed by atoms with van der Waals surface area (Å²) in [5.41, 5.74) is 9.10. The van der Waals surface area contributed by atoms with Crippen LogP contribution in [0.2, 0.25) is 0 Å². The minimum absolute atomic E-state index is 0.223. The zero-order chi connectivity index (χ0) is 23.5. The Bertz CT molecular complexity index is 1070. The maximum Gasteiger partial charge on any atom is 0.354 e. The lowest BCUT2D eigenvalue weighted by Gasteiger charge is -2.33. The van der Waals surface area contributed by atoms with Crippen molar-refractivity contribution in [2.24, 2.45) is 5.73 Å². The summed E-state index contributed by atoms with van der Waals surface area (Å²) in [6.45, 7) is 2.83. The van der Waals surface area contributed by atoms with Crippen molar-refractivity contribution in [2.45, 2.75) is 63.1 Å². The zero-order valence-electron chi connectivity index (χ0n) is 19.6. The van der Waals surface area contributed by atoms with Crippen molar-refractivity contribution >= 4 is 11.8 Å². The van der Waals surface area contributed by atoms with Gasteiger partial charge in [-0.3, -0.25) is 9.88 Å². The van der Waals surface area contributed by atoms with Gasteiger partial charge in [0.15, 0.2) is 0 Å². The van der Waals surface area contributed by atoms with Crippen molar-refractivity contribution in [1.29, 1.82) is 0 Å². The summed E-state index contributed by atoms with van der Waals surface area (Å²) in [7, 11) is 0. The Morgan fingerprint density at radius 1 is 1.03 bits per heavy atom. The molecule has 5 rings (SSSR count). The number of benzene rings is 1. The fraction of sp³-hybridized carbons (Fsp3) is 0.560. The second-order valence-electron chi connectivity index (χ2n) is 9.80. The number of nitrogens with zero attached hydrogens (tertiary/aromatic N) is 3. The lowest BCUT2D eigenvalue weighted by molar-refractivity contribution is 0.204. The van der Waals surface area contributed by atoms with E-state index in [-0.39, 0.29) is 11.8 Å². The molecule has 2 aromatic rings. The number of carbonyl (C=O) groups excluding carboxylic acids is 1. The van der Waals surface area contributed by atoms with E-state index in [0.717, 1.165) is 50.9 Å². The fourth-order valence-electron chi connectivity index (χ4n) is 5.38. The Labute approximate surface area is 200 Å². The minimum Gasteiger partial charge on any atom is -0.328 e. The van der Waals surface area contributed by atoms with Crippen LogP contribution in [0.25, 0.3) is 5.69 Å². The van der Waals surface area contributed by atoms with Gasteiger partial charge in [0.1, 0.15) is 5.82 Å². The highest BCUT2D eigenvalue weighted by Crippen LogP contribution is 2.26. The molecule has 1 atom stereocenters. The molecule has 2 aliphatic carbocycles. The number of nitrogens with two attached hydrogens (primary N) is 1. The number of urea groups is 1. The maximum absolute atomic E-state index is 12.7. The molecular formula is C25H35N7O2. The van der Waals surface area contributed by atoms with Crippen LogP contribution in [0.3, 0.4) is 0 Å². The van der Waals surface area contributed by atoms with E-state index in [1.54, 1.807) is 17.2 Å². The van der Waals surface area contributed by atoms with Gasteiger partial charge in [-0.05, 0) is 74.3 Å². The molecule has 2 heterocycles. The van der Waals surface area contributed by atoms with Gasteiger partial charge in [0.2, 0.25) is 0 Å². The average molecular weight is 466 g/mol. The Kier molecular flexibility index (Phi) is 6.94. The lowest BCUT2D eigenvalue weighted by Crippen LogP contribution is -2.48. The van der Waals surface area contributed by atoms with E-state index in [1.165, 1.54) is 28.5 Å². The first kappa shape index (κ1) is 23.0. The fourth-order valence-corrected chi connectivity index (χ4v) is 5.38. The molecule has 1 aromatic carbocycles. The maximum atomic E-state index is 12.7. The normalized spacial score (nSPS) is 25.0. The van der Waals surface area contributed by atoms with Crippen molar-refractivity contribution < 1.29 is 4.79 Å². The summed E-state index contributed by atoms with van der Waals surface area (Å²) in [4.78, 5) is 30.9. The predicted molar refractivity (Wildman–Crippen MR) is 132 cm³/mol. The average Bonchev–Trinajstić information content (AvgIpc) is 2.86. The molecule has 1 saturated heterocycles. The van der Waals surface area contributed by atoms with Gasteiger partial charge < -0.3 is 21.3 Å². The minimum atomic E-state index is -0.399. The van der Waals surface area contributed by atoms with Crippen LogP contribution in [0.1, 0.15) is 43.2 Å². The number of aryl methyl sites for hydroxylation is 1. The van der Waals surface area contributed by atoms with Gasteiger partial charge in [0.25, 0.3) is 0 Å². The topological polar surface area (TPSA) is 117 Å². The monoisotopic (exact) mass is 465 g/mol. The third-order valence-electron chi connectivity index (χ3n) is 7.38. The third-order valence-corrected chi connectivity index (χ3v) is 7.38. The summed E-state index contributed by atoms with van der Waals surface area (Å²) < 4.78 is 1.54. The highest BCUT2D eigenvalue weighted by Gasteiger charge is 2.24. The van der Waals surface area contributed by atoms with Crippen LogP contribution in [0, 0.1) is 0 Å². The molecule has 3 aliphatic rings. The van der Waals surface area contributed by atoms with Gasteiger partial charge >= 0.3 is 11.7 Å². The molecule has 5 N–H and O–H groups in total. The van der Waals surface area contributed by atoms with Gasteiger partial charge in [-0.15, -0.1) is 0 Å². The lowest BCUT2D eigenvalue weighted by atomic mass is 9.85. The van der Waals surface area contributed by atoms with Gasteiger partial charge in [0, 0.05) is 50.5 Å². The molecule has 0 radical (unpaired) electrons. The summed E-state index contributed by atoms with van der Waals surface area (Å²) in [6.07, 6.45) is 9.37.